The van der Waals surface area contributed by atoms with Crippen LogP contribution in [-0.2, 0) is 11.2 Å². The van der Waals surface area contributed by atoms with Gasteiger partial charge in [0.15, 0.2) is 0 Å². The third kappa shape index (κ3) is 3.52. The van der Waals surface area contributed by atoms with Gasteiger partial charge in [-0.3, -0.25) is 4.79 Å². The van der Waals surface area contributed by atoms with Crippen molar-refractivity contribution in [3.05, 3.63) is 65.3 Å². The van der Waals surface area contributed by atoms with E-state index in [1.54, 1.807) is 0 Å². The molecule has 2 aliphatic rings. The number of hydrogen-bond acceptors (Lipinski definition) is 3. The molecule has 1 aromatic rings. The Kier molecular flexibility index (Phi) is 4.19. The van der Waals surface area contributed by atoms with Crippen LogP contribution in [0.2, 0.25) is 0 Å². The van der Waals surface area contributed by atoms with Crippen LogP contribution in [0.15, 0.2) is 64.8 Å². The number of carbonyl (C=O) groups excluding carboxylic acids is 1. The lowest BCUT2D eigenvalue weighted by Crippen LogP contribution is -2.24. The summed E-state index contributed by atoms with van der Waals surface area (Å²) in [6, 6.07) is 7.77. The van der Waals surface area contributed by atoms with E-state index < -0.39 is 0 Å². The first-order valence-electron chi connectivity index (χ1n) is 7.44. The van der Waals surface area contributed by atoms with Gasteiger partial charge in [0.25, 0.3) is 0 Å². The molecular weight excluding hydrogens is 274 g/mol. The van der Waals surface area contributed by atoms with E-state index in [0.717, 1.165) is 35.4 Å². The van der Waals surface area contributed by atoms with Crippen molar-refractivity contribution in [2.75, 3.05) is 5.73 Å². The zero-order valence-electron chi connectivity index (χ0n) is 12.4. The van der Waals surface area contributed by atoms with E-state index in [0.29, 0.717) is 12.8 Å². The predicted octanol–water partition coefficient (Wildman–Crippen LogP) is 2.89. The van der Waals surface area contributed by atoms with Crippen molar-refractivity contribution in [1.29, 1.82) is 0 Å². The lowest BCUT2D eigenvalue weighted by atomic mass is 9.94. The van der Waals surface area contributed by atoms with Gasteiger partial charge in [-0.05, 0) is 35.3 Å². The molecule has 0 saturated heterocycles. The Balaban J connectivity index is 1.87. The van der Waals surface area contributed by atoms with E-state index in [-0.39, 0.29) is 5.91 Å². The molecule has 0 aromatic heterocycles. The molecule has 1 aromatic carbocycles. The van der Waals surface area contributed by atoms with E-state index >= 15 is 0 Å². The van der Waals surface area contributed by atoms with E-state index in [1.807, 2.05) is 24.3 Å². The number of nitrogen functional groups attached to an aromatic ring is 1. The normalized spacial score (nSPS) is 20.4. The number of allylic oxidation sites excluding steroid dienone is 5. The van der Waals surface area contributed by atoms with E-state index in [1.165, 1.54) is 5.57 Å². The smallest absolute Gasteiger partial charge is 0.244 e. The number of fused-ring (bicyclic) bond motifs is 1. The highest BCUT2D eigenvalue weighted by Gasteiger charge is 2.17. The number of nitrogens with two attached hydrogens (primary N) is 1. The quantitative estimate of drug-likeness (QED) is 0.823. The Labute approximate surface area is 130 Å². The number of nitrogens with zero attached hydrogens (tertiary/aromatic N) is 1. The largest absolute Gasteiger partial charge is 0.399 e. The number of nitrogens with one attached hydrogen (secondary N) is 1. The van der Waals surface area contributed by atoms with Gasteiger partial charge in [-0.25, -0.2) is 5.43 Å². The van der Waals surface area contributed by atoms with Crippen molar-refractivity contribution < 1.29 is 4.79 Å². The highest BCUT2D eigenvalue weighted by molar-refractivity contribution is 5.93. The first kappa shape index (κ1) is 14.3. The number of anilines is 1. The van der Waals surface area contributed by atoms with Crippen LogP contribution in [0, 0.1) is 0 Å². The van der Waals surface area contributed by atoms with Crippen LogP contribution in [0.3, 0.4) is 0 Å². The number of amides is 1. The summed E-state index contributed by atoms with van der Waals surface area (Å²) in [5.74, 6) is -0.0659. The third-order valence-electron chi connectivity index (χ3n) is 3.79. The minimum atomic E-state index is -0.0659. The summed E-state index contributed by atoms with van der Waals surface area (Å²) in [5, 5.41) is 4.29. The van der Waals surface area contributed by atoms with Crippen LogP contribution in [0.25, 0.3) is 0 Å². The maximum Gasteiger partial charge on any atom is 0.244 e. The standard InChI is InChI=1S/C18H19N3O/c19-16-8-4-5-13(9-16)10-17-11-14-6-2-1-3-7-15(14)12-18(22)21-20-17/h1-2,4-9H,3,10-12,19H2,(H,21,22)/b20-17-. The second kappa shape index (κ2) is 6.43. The summed E-state index contributed by atoms with van der Waals surface area (Å²) in [5.41, 5.74) is 13.5. The molecule has 4 heteroatoms. The van der Waals surface area contributed by atoms with Crippen molar-refractivity contribution in [2.45, 2.75) is 25.7 Å². The molecule has 1 aliphatic heterocycles. The first-order chi connectivity index (χ1) is 10.7. The van der Waals surface area contributed by atoms with Crippen LogP contribution >= 0.6 is 0 Å². The second-order valence-electron chi connectivity index (χ2n) is 5.57. The first-order valence-corrected chi connectivity index (χ1v) is 7.44. The lowest BCUT2D eigenvalue weighted by Gasteiger charge is -2.16. The van der Waals surface area contributed by atoms with Crippen molar-refractivity contribution in [3.8, 4) is 0 Å². The fraction of sp³-hybridized carbons (Fsp3) is 0.222. The molecule has 3 rings (SSSR count). The van der Waals surface area contributed by atoms with Gasteiger partial charge in [-0.15, -0.1) is 0 Å². The highest BCUT2D eigenvalue weighted by atomic mass is 16.2. The summed E-state index contributed by atoms with van der Waals surface area (Å²) < 4.78 is 0. The molecule has 4 nitrogen and oxygen atoms in total. The van der Waals surface area contributed by atoms with Crippen molar-refractivity contribution in [1.82, 2.24) is 5.43 Å². The molecule has 1 amide bonds. The SMILES string of the molecule is Nc1cccc(C/C2=N/NC(=O)CC3=CCC=CC=C3C2)c1. The Bertz CT molecular complexity index is 711. The van der Waals surface area contributed by atoms with Crippen molar-refractivity contribution in [3.63, 3.8) is 0 Å². The molecule has 0 radical (unpaired) electrons. The summed E-state index contributed by atoms with van der Waals surface area (Å²) in [4.78, 5) is 11.9. The average Bonchev–Trinajstić information content (AvgIpc) is 2.69. The van der Waals surface area contributed by atoms with Crippen molar-refractivity contribution >= 4 is 17.3 Å². The van der Waals surface area contributed by atoms with Gasteiger partial charge in [0.1, 0.15) is 0 Å². The van der Waals surface area contributed by atoms with Crippen LogP contribution in [-0.4, -0.2) is 11.6 Å². The number of hydrazone groups is 1. The van der Waals surface area contributed by atoms with E-state index in [9.17, 15) is 4.79 Å². The number of carbonyl (C=O) groups is 1. The summed E-state index contributed by atoms with van der Waals surface area (Å²) in [6.07, 6.45) is 11.0. The Morgan fingerprint density at radius 3 is 3.00 bits per heavy atom. The Morgan fingerprint density at radius 2 is 2.14 bits per heavy atom. The molecule has 22 heavy (non-hydrogen) atoms. The maximum atomic E-state index is 11.9. The molecule has 1 aliphatic carbocycles. The van der Waals surface area contributed by atoms with Crippen LogP contribution in [0.4, 0.5) is 5.69 Å². The van der Waals surface area contributed by atoms with Gasteiger partial charge in [-0.2, -0.15) is 5.10 Å². The monoisotopic (exact) mass is 293 g/mol. The lowest BCUT2D eigenvalue weighted by molar-refractivity contribution is -0.120. The fourth-order valence-electron chi connectivity index (χ4n) is 2.72. The molecule has 1 heterocycles. The van der Waals surface area contributed by atoms with Gasteiger partial charge in [0.05, 0.1) is 6.42 Å². The van der Waals surface area contributed by atoms with E-state index in [2.05, 4.69) is 34.8 Å². The van der Waals surface area contributed by atoms with Crippen LogP contribution < -0.4 is 11.2 Å². The van der Waals surface area contributed by atoms with Crippen LogP contribution in [0.5, 0.6) is 0 Å². The van der Waals surface area contributed by atoms with Crippen molar-refractivity contribution in [2.24, 2.45) is 5.10 Å². The zero-order chi connectivity index (χ0) is 15.4. The van der Waals surface area contributed by atoms with Gasteiger partial charge in [0.2, 0.25) is 5.91 Å². The molecule has 0 bridgehead atoms. The number of hydrogen-bond donors (Lipinski definition) is 2. The van der Waals surface area contributed by atoms with Gasteiger partial charge >= 0.3 is 0 Å². The van der Waals surface area contributed by atoms with Gasteiger partial charge in [0, 0.05) is 24.2 Å². The third-order valence-corrected chi connectivity index (χ3v) is 3.79. The molecule has 0 spiro atoms. The second-order valence-corrected chi connectivity index (χ2v) is 5.57. The highest BCUT2D eigenvalue weighted by Crippen LogP contribution is 2.24. The topological polar surface area (TPSA) is 67.5 Å². The minimum Gasteiger partial charge on any atom is -0.399 e. The maximum absolute atomic E-state index is 11.9. The minimum absolute atomic E-state index is 0.0659. The molecule has 0 unspecified atom stereocenters. The fourth-order valence-corrected chi connectivity index (χ4v) is 2.72. The molecule has 0 atom stereocenters. The molecule has 3 N–H and O–H groups in total. The summed E-state index contributed by atoms with van der Waals surface area (Å²) >= 11 is 0. The van der Waals surface area contributed by atoms with Gasteiger partial charge < -0.3 is 5.73 Å². The predicted molar refractivity (Wildman–Crippen MR) is 89.3 cm³/mol. The van der Waals surface area contributed by atoms with E-state index in [4.69, 9.17) is 5.73 Å². The summed E-state index contributed by atoms with van der Waals surface area (Å²) in [6.45, 7) is 0. The molecule has 0 saturated carbocycles. The Hall–Kier alpha value is -2.62. The summed E-state index contributed by atoms with van der Waals surface area (Å²) in [7, 11) is 0. The molecular formula is C18H19N3O. The number of benzene rings is 1. The van der Waals surface area contributed by atoms with Gasteiger partial charge in [-0.1, -0.05) is 36.4 Å². The average molecular weight is 293 g/mol. The Morgan fingerprint density at radius 1 is 1.23 bits per heavy atom. The number of rotatable bonds is 2. The zero-order valence-corrected chi connectivity index (χ0v) is 12.4. The molecule has 112 valence electrons. The molecule has 0 fully saturated rings. The van der Waals surface area contributed by atoms with Crippen LogP contribution in [0.1, 0.15) is 24.8 Å².